The van der Waals surface area contributed by atoms with Gasteiger partial charge in [0.25, 0.3) is 0 Å². The Balaban J connectivity index is 2.52. The number of hydrogen-bond acceptors (Lipinski definition) is 2. The van der Waals surface area contributed by atoms with E-state index < -0.39 is 11.7 Å². The third-order valence-electron chi connectivity index (χ3n) is 3.27. The van der Waals surface area contributed by atoms with Crippen LogP contribution >= 0.6 is 0 Å². The molecule has 0 unspecified atom stereocenters. The second-order valence-electron chi connectivity index (χ2n) is 4.84. The largest absolute Gasteiger partial charge is 0.416 e. The summed E-state index contributed by atoms with van der Waals surface area (Å²) in [6.45, 7) is 3.96. The van der Waals surface area contributed by atoms with Gasteiger partial charge in [0.05, 0.1) is 12.1 Å². The number of halogens is 3. The van der Waals surface area contributed by atoms with Gasteiger partial charge in [-0.3, -0.25) is 4.79 Å². The van der Waals surface area contributed by atoms with Crippen LogP contribution in [0.15, 0.2) is 24.3 Å². The number of carbonyl (C=O) groups is 1. The first kappa shape index (κ1) is 17.5. The first-order valence-corrected chi connectivity index (χ1v) is 7.03. The Morgan fingerprint density at radius 3 is 2.38 bits per heavy atom. The molecule has 6 heteroatoms. The smallest absolute Gasteiger partial charge is 0.352 e. The van der Waals surface area contributed by atoms with Gasteiger partial charge >= 0.3 is 6.18 Å². The highest BCUT2D eigenvalue weighted by Gasteiger charge is 2.32. The highest BCUT2D eigenvalue weighted by molar-refractivity contribution is 5.78. The molecular weight excluding hydrogens is 281 g/mol. The van der Waals surface area contributed by atoms with Gasteiger partial charge < -0.3 is 10.6 Å². The normalized spacial score (nSPS) is 11.7. The van der Waals surface area contributed by atoms with Gasteiger partial charge in [0.1, 0.15) is 0 Å². The maximum Gasteiger partial charge on any atom is 0.416 e. The summed E-state index contributed by atoms with van der Waals surface area (Å²) in [6.07, 6.45) is -2.71. The van der Waals surface area contributed by atoms with Crippen molar-refractivity contribution in [2.75, 3.05) is 6.54 Å². The molecule has 0 saturated heterocycles. The Bertz CT molecular complexity index is 456. The van der Waals surface area contributed by atoms with Crippen molar-refractivity contribution >= 4 is 5.91 Å². The highest BCUT2D eigenvalue weighted by atomic mass is 19.4. The second kappa shape index (κ2) is 8.02. The number of benzene rings is 1. The van der Waals surface area contributed by atoms with E-state index in [2.05, 4.69) is 10.6 Å². The van der Waals surface area contributed by atoms with E-state index in [4.69, 9.17) is 0 Å². The number of amides is 1. The lowest BCUT2D eigenvalue weighted by atomic mass is 10.1. The van der Waals surface area contributed by atoms with Gasteiger partial charge in [-0.15, -0.1) is 0 Å². The number of carbonyl (C=O) groups excluding carboxylic acids is 1. The molecule has 0 aromatic heterocycles. The molecule has 0 saturated carbocycles. The molecule has 0 aliphatic heterocycles. The van der Waals surface area contributed by atoms with E-state index in [0.29, 0.717) is 0 Å². The summed E-state index contributed by atoms with van der Waals surface area (Å²) in [6, 6.07) is 5.47. The van der Waals surface area contributed by atoms with Crippen LogP contribution in [0.1, 0.15) is 37.8 Å². The van der Waals surface area contributed by atoms with E-state index in [9.17, 15) is 18.0 Å². The number of alkyl halides is 3. The number of hydrogen-bond donors (Lipinski definition) is 2. The predicted molar refractivity (Wildman–Crippen MR) is 75.7 cm³/mol. The molecular formula is C15H21F3N2O. The SMILES string of the molecule is CCC(CC)NC(=O)CNCc1ccccc1C(F)(F)F. The molecule has 0 heterocycles. The summed E-state index contributed by atoms with van der Waals surface area (Å²) >= 11 is 0. The van der Waals surface area contributed by atoms with E-state index in [-0.39, 0.29) is 30.6 Å². The first-order valence-electron chi connectivity index (χ1n) is 7.03. The van der Waals surface area contributed by atoms with Crippen molar-refractivity contribution < 1.29 is 18.0 Å². The molecule has 21 heavy (non-hydrogen) atoms. The molecule has 1 amide bonds. The maximum absolute atomic E-state index is 12.8. The predicted octanol–water partition coefficient (Wildman–Crippen LogP) is 3.10. The Kier molecular flexibility index (Phi) is 6.68. The molecule has 0 aliphatic rings. The average molecular weight is 302 g/mol. The van der Waals surface area contributed by atoms with Crippen LogP contribution in [0.3, 0.4) is 0 Å². The van der Waals surface area contributed by atoms with Crippen LogP contribution < -0.4 is 10.6 Å². The number of nitrogens with one attached hydrogen (secondary N) is 2. The molecule has 1 aromatic carbocycles. The van der Waals surface area contributed by atoms with Gasteiger partial charge in [0, 0.05) is 12.6 Å². The van der Waals surface area contributed by atoms with Crippen molar-refractivity contribution in [2.24, 2.45) is 0 Å². The Hall–Kier alpha value is -1.56. The number of rotatable bonds is 7. The Labute approximate surface area is 122 Å². The standard InChI is InChI=1S/C15H21F3N2O/c1-3-12(4-2)20-14(21)10-19-9-11-7-5-6-8-13(11)15(16,17)18/h5-8,12,19H,3-4,9-10H2,1-2H3,(H,20,21). The van der Waals surface area contributed by atoms with Gasteiger partial charge in [0.15, 0.2) is 0 Å². The van der Waals surface area contributed by atoms with Crippen LogP contribution in [0, 0.1) is 0 Å². The van der Waals surface area contributed by atoms with Crippen molar-refractivity contribution in [3.8, 4) is 0 Å². The van der Waals surface area contributed by atoms with Crippen LogP contribution in [-0.2, 0) is 17.5 Å². The van der Waals surface area contributed by atoms with Crippen LogP contribution in [0.25, 0.3) is 0 Å². The summed E-state index contributed by atoms with van der Waals surface area (Å²) in [5.41, 5.74) is -0.529. The molecule has 0 spiro atoms. The molecule has 0 aliphatic carbocycles. The minimum absolute atomic E-state index is 0.00267. The van der Waals surface area contributed by atoms with Gasteiger partial charge in [-0.1, -0.05) is 32.0 Å². The lowest BCUT2D eigenvalue weighted by Gasteiger charge is -2.16. The summed E-state index contributed by atoms with van der Waals surface area (Å²) in [7, 11) is 0. The highest BCUT2D eigenvalue weighted by Crippen LogP contribution is 2.31. The van der Waals surface area contributed by atoms with Crippen molar-refractivity contribution in [3.63, 3.8) is 0 Å². The molecule has 2 N–H and O–H groups in total. The fourth-order valence-electron chi connectivity index (χ4n) is 2.03. The van der Waals surface area contributed by atoms with Crippen molar-refractivity contribution in [1.82, 2.24) is 10.6 Å². The average Bonchev–Trinajstić information content (AvgIpc) is 2.44. The maximum atomic E-state index is 12.8. The minimum atomic E-state index is -4.38. The third kappa shape index (κ3) is 5.75. The summed E-state index contributed by atoms with van der Waals surface area (Å²) in [5, 5.41) is 5.58. The zero-order valence-corrected chi connectivity index (χ0v) is 12.3. The minimum Gasteiger partial charge on any atom is -0.352 e. The first-order chi connectivity index (χ1) is 9.88. The zero-order valence-electron chi connectivity index (χ0n) is 12.3. The molecule has 3 nitrogen and oxygen atoms in total. The fraction of sp³-hybridized carbons (Fsp3) is 0.533. The van der Waals surface area contributed by atoms with E-state index in [0.717, 1.165) is 18.9 Å². The molecule has 0 fully saturated rings. The van der Waals surface area contributed by atoms with Crippen LogP contribution in [0.4, 0.5) is 13.2 Å². The molecule has 0 atom stereocenters. The Morgan fingerprint density at radius 1 is 1.19 bits per heavy atom. The zero-order chi connectivity index (χ0) is 15.9. The summed E-state index contributed by atoms with van der Waals surface area (Å²) in [4.78, 5) is 11.6. The summed E-state index contributed by atoms with van der Waals surface area (Å²) in [5.74, 6) is -0.201. The molecule has 1 rings (SSSR count). The van der Waals surface area contributed by atoms with Crippen molar-refractivity contribution in [1.29, 1.82) is 0 Å². The second-order valence-corrected chi connectivity index (χ2v) is 4.84. The molecule has 0 radical (unpaired) electrons. The molecule has 0 bridgehead atoms. The fourth-order valence-corrected chi connectivity index (χ4v) is 2.03. The van der Waals surface area contributed by atoms with E-state index in [1.165, 1.54) is 12.1 Å². The van der Waals surface area contributed by atoms with Crippen molar-refractivity contribution in [2.45, 2.75) is 45.5 Å². The topological polar surface area (TPSA) is 41.1 Å². The lowest BCUT2D eigenvalue weighted by molar-refractivity contribution is -0.138. The van der Waals surface area contributed by atoms with Gasteiger partial charge in [-0.2, -0.15) is 13.2 Å². The van der Waals surface area contributed by atoms with E-state index >= 15 is 0 Å². The van der Waals surface area contributed by atoms with Gasteiger partial charge in [0.2, 0.25) is 5.91 Å². The van der Waals surface area contributed by atoms with Crippen molar-refractivity contribution in [3.05, 3.63) is 35.4 Å². The van der Waals surface area contributed by atoms with E-state index in [1.807, 2.05) is 13.8 Å². The van der Waals surface area contributed by atoms with Crippen LogP contribution in [-0.4, -0.2) is 18.5 Å². The molecule has 118 valence electrons. The summed E-state index contributed by atoms with van der Waals surface area (Å²) < 4.78 is 38.4. The van der Waals surface area contributed by atoms with Crippen LogP contribution in [0.5, 0.6) is 0 Å². The molecule has 1 aromatic rings. The third-order valence-corrected chi connectivity index (χ3v) is 3.27. The lowest BCUT2D eigenvalue weighted by Crippen LogP contribution is -2.39. The van der Waals surface area contributed by atoms with Crippen LogP contribution in [0.2, 0.25) is 0 Å². The quantitative estimate of drug-likeness (QED) is 0.812. The van der Waals surface area contributed by atoms with Gasteiger partial charge in [-0.05, 0) is 24.5 Å². The van der Waals surface area contributed by atoms with Gasteiger partial charge in [-0.25, -0.2) is 0 Å². The Morgan fingerprint density at radius 2 is 1.81 bits per heavy atom. The monoisotopic (exact) mass is 302 g/mol. The van der Waals surface area contributed by atoms with E-state index in [1.54, 1.807) is 6.07 Å².